The Bertz CT molecular complexity index is 579. The van der Waals surface area contributed by atoms with Crippen molar-refractivity contribution in [1.29, 1.82) is 0 Å². The zero-order valence-corrected chi connectivity index (χ0v) is 10.7. The van der Waals surface area contributed by atoms with Gasteiger partial charge < -0.3 is 10.2 Å². The molecule has 0 unspecified atom stereocenters. The molecule has 0 saturated carbocycles. The molecular formula is C11H9ClN4OS. The van der Waals surface area contributed by atoms with E-state index in [-0.39, 0.29) is 5.11 Å². The molecule has 0 bridgehead atoms. The molecule has 0 radical (unpaired) electrons. The van der Waals surface area contributed by atoms with E-state index in [1.54, 1.807) is 18.3 Å². The second-order valence-electron chi connectivity index (χ2n) is 3.31. The number of nitrogens with one attached hydrogen (secondary N) is 1. The van der Waals surface area contributed by atoms with Crippen LogP contribution in [0.2, 0.25) is 5.15 Å². The molecule has 92 valence electrons. The average molecular weight is 281 g/mol. The summed E-state index contributed by atoms with van der Waals surface area (Å²) in [6.07, 6.45) is 3.11. The lowest BCUT2D eigenvalue weighted by Gasteiger charge is -1.95. The first-order valence-electron chi connectivity index (χ1n) is 4.95. The van der Waals surface area contributed by atoms with Crippen LogP contribution in [-0.2, 0) is 0 Å². The second kappa shape index (κ2) is 5.61. The summed E-state index contributed by atoms with van der Waals surface area (Å²) in [5, 5.41) is 4.33. The third kappa shape index (κ3) is 3.28. The normalized spacial score (nSPS) is 10.7. The van der Waals surface area contributed by atoms with E-state index in [0.717, 1.165) is 5.56 Å². The number of thiocarbonyl (C=S) groups is 1. The minimum absolute atomic E-state index is 0.0972. The van der Waals surface area contributed by atoms with Gasteiger partial charge in [0.1, 0.15) is 16.7 Å². The van der Waals surface area contributed by atoms with Crippen LogP contribution in [-0.4, -0.2) is 16.3 Å². The molecule has 0 aliphatic carbocycles. The highest BCUT2D eigenvalue weighted by atomic mass is 35.5. The largest absolute Gasteiger partial charge is 0.455 e. The van der Waals surface area contributed by atoms with Gasteiger partial charge in [-0.05, 0) is 36.5 Å². The quantitative estimate of drug-likeness (QED) is 0.390. The Hall–Kier alpha value is -1.92. The molecule has 5 nitrogen and oxygen atoms in total. The van der Waals surface area contributed by atoms with Crippen molar-refractivity contribution >= 4 is 35.1 Å². The maximum atomic E-state index is 5.71. The van der Waals surface area contributed by atoms with E-state index in [1.165, 1.54) is 6.21 Å². The predicted octanol–water partition coefficient (Wildman–Crippen LogP) is 2.16. The number of pyridine rings is 1. The molecule has 0 amide bonds. The van der Waals surface area contributed by atoms with Crippen molar-refractivity contribution in [3.8, 4) is 11.3 Å². The third-order valence-electron chi connectivity index (χ3n) is 2.01. The molecule has 3 N–H and O–H groups in total. The van der Waals surface area contributed by atoms with Crippen LogP contribution in [0, 0.1) is 0 Å². The number of hydrogen-bond acceptors (Lipinski definition) is 4. The number of aromatic nitrogens is 1. The van der Waals surface area contributed by atoms with Crippen molar-refractivity contribution in [3.05, 3.63) is 41.4 Å². The highest BCUT2D eigenvalue weighted by Gasteiger charge is 2.03. The molecule has 2 aromatic heterocycles. The predicted molar refractivity (Wildman–Crippen MR) is 74.5 cm³/mol. The van der Waals surface area contributed by atoms with Crippen LogP contribution in [0.15, 0.2) is 40.0 Å². The zero-order chi connectivity index (χ0) is 13.0. The fourth-order valence-corrected chi connectivity index (χ4v) is 1.42. The molecule has 7 heteroatoms. The van der Waals surface area contributed by atoms with Crippen molar-refractivity contribution in [3.63, 3.8) is 0 Å². The summed E-state index contributed by atoms with van der Waals surface area (Å²) in [5.74, 6) is 1.25. The smallest absolute Gasteiger partial charge is 0.184 e. The summed E-state index contributed by atoms with van der Waals surface area (Å²) in [7, 11) is 0. The monoisotopic (exact) mass is 280 g/mol. The molecule has 0 atom stereocenters. The van der Waals surface area contributed by atoms with Gasteiger partial charge in [-0.15, -0.1) is 0 Å². The summed E-state index contributed by atoms with van der Waals surface area (Å²) < 4.78 is 5.53. The van der Waals surface area contributed by atoms with Crippen molar-refractivity contribution in [2.24, 2.45) is 10.8 Å². The summed E-state index contributed by atoms with van der Waals surface area (Å²) in [6, 6.07) is 7.10. The van der Waals surface area contributed by atoms with Gasteiger partial charge in [0.25, 0.3) is 0 Å². The van der Waals surface area contributed by atoms with E-state index in [0.29, 0.717) is 16.7 Å². The molecule has 0 aromatic carbocycles. The molecule has 0 fully saturated rings. The maximum Gasteiger partial charge on any atom is 0.184 e. The molecule has 0 saturated heterocycles. The topological polar surface area (TPSA) is 76.4 Å². The number of furan rings is 1. The first kappa shape index (κ1) is 12.5. The molecule has 18 heavy (non-hydrogen) atoms. The molecule has 0 aliphatic heterocycles. The number of nitrogens with two attached hydrogens (primary N) is 1. The number of halogens is 1. The lowest BCUT2D eigenvalue weighted by Crippen LogP contribution is -2.23. The van der Waals surface area contributed by atoms with E-state index in [2.05, 4.69) is 27.7 Å². The maximum absolute atomic E-state index is 5.71. The Kier molecular flexibility index (Phi) is 3.91. The van der Waals surface area contributed by atoms with Gasteiger partial charge >= 0.3 is 0 Å². The third-order valence-corrected chi connectivity index (χ3v) is 2.32. The van der Waals surface area contributed by atoms with Crippen LogP contribution >= 0.6 is 23.8 Å². The SMILES string of the molecule is NC(=S)NN=Cc1ccc(-c2ccc(Cl)nc2)o1. The van der Waals surface area contributed by atoms with Crippen LogP contribution in [0.5, 0.6) is 0 Å². The van der Waals surface area contributed by atoms with Crippen molar-refractivity contribution < 1.29 is 4.42 Å². The highest BCUT2D eigenvalue weighted by molar-refractivity contribution is 7.80. The number of nitrogens with zero attached hydrogens (tertiary/aromatic N) is 2. The fraction of sp³-hybridized carbons (Fsp3) is 0. The van der Waals surface area contributed by atoms with E-state index in [1.807, 2.05) is 12.1 Å². The van der Waals surface area contributed by atoms with E-state index >= 15 is 0 Å². The minimum Gasteiger partial charge on any atom is -0.455 e. The molecule has 2 heterocycles. The Balaban J connectivity index is 2.12. The van der Waals surface area contributed by atoms with Crippen LogP contribution in [0.25, 0.3) is 11.3 Å². The fourth-order valence-electron chi connectivity index (χ4n) is 1.26. The first-order valence-corrected chi connectivity index (χ1v) is 5.74. The van der Waals surface area contributed by atoms with Crippen LogP contribution in [0.3, 0.4) is 0 Å². The van der Waals surface area contributed by atoms with Gasteiger partial charge in [-0.25, -0.2) is 4.98 Å². The van der Waals surface area contributed by atoms with Gasteiger partial charge in [0, 0.05) is 11.8 Å². The Morgan fingerprint density at radius 3 is 2.94 bits per heavy atom. The van der Waals surface area contributed by atoms with Crippen molar-refractivity contribution in [2.45, 2.75) is 0 Å². The molecule has 0 spiro atoms. The average Bonchev–Trinajstić information content (AvgIpc) is 2.78. The lowest BCUT2D eigenvalue weighted by molar-refractivity contribution is 0.574. The van der Waals surface area contributed by atoms with Crippen LogP contribution in [0.1, 0.15) is 5.76 Å². The van der Waals surface area contributed by atoms with Crippen molar-refractivity contribution in [1.82, 2.24) is 10.4 Å². The van der Waals surface area contributed by atoms with Crippen LogP contribution < -0.4 is 11.2 Å². The van der Waals surface area contributed by atoms with Crippen LogP contribution in [0.4, 0.5) is 0 Å². The standard InChI is InChI=1S/C11H9ClN4OS/c12-10-4-1-7(5-14-10)9-3-2-8(17-9)6-15-16-11(13)18/h1-6H,(H3,13,16,18). The van der Waals surface area contributed by atoms with Gasteiger partial charge in [-0.1, -0.05) is 11.6 Å². The summed E-state index contributed by atoms with van der Waals surface area (Å²) in [4.78, 5) is 3.98. The second-order valence-corrected chi connectivity index (χ2v) is 4.13. The van der Waals surface area contributed by atoms with Gasteiger partial charge in [0.15, 0.2) is 5.11 Å². The summed E-state index contributed by atoms with van der Waals surface area (Å²) in [6.45, 7) is 0. The first-order chi connectivity index (χ1) is 8.65. The number of hydrogen-bond donors (Lipinski definition) is 2. The summed E-state index contributed by atoms with van der Waals surface area (Å²) in [5.41, 5.74) is 8.50. The van der Waals surface area contributed by atoms with Gasteiger partial charge in [-0.3, -0.25) is 5.43 Å². The van der Waals surface area contributed by atoms with Gasteiger partial charge in [0.05, 0.1) is 6.21 Å². The molecule has 2 aromatic rings. The van der Waals surface area contributed by atoms with E-state index in [9.17, 15) is 0 Å². The minimum atomic E-state index is 0.0972. The highest BCUT2D eigenvalue weighted by Crippen LogP contribution is 2.21. The van der Waals surface area contributed by atoms with Crippen molar-refractivity contribution in [2.75, 3.05) is 0 Å². The van der Waals surface area contributed by atoms with E-state index < -0.39 is 0 Å². The Morgan fingerprint density at radius 1 is 1.44 bits per heavy atom. The molecular weight excluding hydrogens is 272 g/mol. The molecule has 2 rings (SSSR count). The van der Waals surface area contributed by atoms with Gasteiger partial charge in [0.2, 0.25) is 0 Å². The summed E-state index contributed by atoms with van der Waals surface area (Å²) >= 11 is 10.3. The molecule has 0 aliphatic rings. The Morgan fingerprint density at radius 2 is 2.28 bits per heavy atom. The lowest BCUT2D eigenvalue weighted by atomic mass is 10.2. The zero-order valence-electron chi connectivity index (χ0n) is 9.13. The number of hydrazone groups is 1. The Labute approximate surface area is 114 Å². The van der Waals surface area contributed by atoms with E-state index in [4.69, 9.17) is 21.8 Å². The van der Waals surface area contributed by atoms with Gasteiger partial charge in [-0.2, -0.15) is 5.10 Å². The number of rotatable bonds is 3.